The number of hydrogen-bond donors (Lipinski definition) is 1. The van der Waals surface area contributed by atoms with Crippen LogP contribution in [-0.2, 0) is 19.4 Å². The van der Waals surface area contributed by atoms with Crippen molar-refractivity contribution in [2.75, 3.05) is 68.5 Å². The highest BCUT2D eigenvalue weighted by Gasteiger charge is 2.28. The van der Waals surface area contributed by atoms with E-state index >= 15 is 0 Å². The Morgan fingerprint density at radius 1 is 0.839 bits per heavy atom. The summed E-state index contributed by atoms with van der Waals surface area (Å²) in [5.41, 5.74) is 7.03. The van der Waals surface area contributed by atoms with Crippen LogP contribution in [0.2, 0.25) is 0 Å². The highest BCUT2D eigenvalue weighted by Crippen LogP contribution is 2.38. The number of rotatable bonds is 2. The Kier molecular flexibility index (Phi) is 5.67. The molecule has 0 aliphatic carbocycles. The summed E-state index contributed by atoms with van der Waals surface area (Å²) >= 11 is 3.77. The van der Waals surface area contributed by atoms with Crippen LogP contribution in [0.5, 0.6) is 0 Å². The molecule has 0 spiro atoms. The Hall–Kier alpha value is -2.09. The third-order valence-electron chi connectivity index (χ3n) is 6.79. The van der Waals surface area contributed by atoms with Crippen molar-refractivity contribution >= 4 is 39.0 Å². The van der Waals surface area contributed by atoms with Gasteiger partial charge in [0.15, 0.2) is 0 Å². The number of carbonyl (C=O) groups is 1. The lowest BCUT2D eigenvalue weighted by Gasteiger charge is -2.35. The predicted molar refractivity (Wildman–Crippen MR) is 130 cm³/mol. The van der Waals surface area contributed by atoms with E-state index in [4.69, 9.17) is 0 Å². The quantitative estimate of drug-likeness (QED) is 0.705. The van der Waals surface area contributed by atoms with Crippen molar-refractivity contribution in [3.8, 4) is 0 Å². The summed E-state index contributed by atoms with van der Waals surface area (Å²) in [5, 5.41) is 3.15. The molecule has 164 valence electrons. The van der Waals surface area contributed by atoms with Crippen molar-refractivity contribution in [1.29, 1.82) is 0 Å². The summed E-state index contributed by atoms with van der Waals surface area (Å²) in [6.07, 6.45) is 1.96. The zero-order valence-corrected chi connectivity index (χ0v) is 19.9. The molecule has 3 aliphatic rings. The zero-order chi connectivity index (χ0) is 21.5. The summed E-state index contributed by atoms with van der Waals surface area (Å²) in [5.74, 6) is 0. The first kappa shape index (κ1) is 20.8. The molecule has 3 heterocycles. The van der Waals surface area contributed by atoms with Crippen LogP contribution in [0, 0.1) is 0 Å². The molecule has 6 nitrogen and oxygen atoms in total. The van der Waals surface area contributed by atoms with E-state index in [0.29, 0.717) is 6.54 Å². The van der Waals surface area contributed by atoms with Gasteiger partial charge in [-0.2, -0.15) is 0 Å². The number of anilines is 3. The average Bonchev–Trinajstić information content (AvgIpc) is 3.16. The van der Waals surface area contributed by atoms with Crippen LogP contribution in [-0.4, -0.2) is 69.2 Å². The van der Waals surface area contributed by atoms with Gasteiger partial charge in [0.05, 0.1) is 11.4 Å². The predicted octanol–water partition coefficient (Wildman–Crippen LogP) is 3.78. The van der Waals surface area contributed by atoms with Gasteiger partial charge in [-0.1, -0.05) is 6.07 Å². The van der Waals surface area contributed by atoms with Gasteiger partial charge in [-0.05, 0) is 83.8 Å². The smallest absolute Gasteiger partial charge is 0.326 e. The van der Waals surface area contributed by atoms with Crippen LogP contribution in [0.3, 0.4) is 0 Å². The Morgan fingerprint density at radius 3 is 2.42 bits per heavy atom. The third kappa shape index (κ3) is 4.19. The maximum atomic E-state index is 13.2. The van der Waals surface area contributed by atoms with Crippen LogP contribution in [0.4, 0.5) is 21.9 Å². The van der Waals surface area contributed by atoms with Gasteiger partial charge in [0, 0.05) is 56.0 Å². The van der Waals surface area contributed by atoms with Crippen molar-refractivity contribution in [1.82, 2.24) is 9.80 Å². The first-order chi connectivity index (χ1) is 15.0. The highest BCUT2D eigenvalue weighted by molar-refractivity contribution is 9.10. The van der Waals surface area contributed by atoms with E-state index in [1.54, 1.807) is 0 Å². The third-order valence-corrected chi connectivity index (χ3v) is 7.43. The molecule has 0 unspecified atom stereocenters. The molecule has 0 aromatic heterocycles. The van der Waals surface area contributed by atoms with Crippen LogP contribution < -0.4 is 15.1 Å². The zero-order valence-electron chi connectivity index (χ0n) is 18.3. The van der Waals surface area contributed by atoms with E-state index in [0.717, 1.165) is 68.0 Å². The Balaban J connectivity index is 1.35. The minimum Gasteiger partial charge on any atom is -0.368 e. The summed E-state index contributed by atoms with van der Waals surface area (Å²) in [4.78, 5) is 22.2. The van der Waals surface area contributed by atoms with Gasteiger partial charge in [0.25, 0.3) is 0 Å². The fourth-order valence-electron chi connectivity index (χ4n) is 4.86. The molecule has 0 bridgehead atoms. The van der Waals surface area contributed by atoms with Gasteiger partial charge >= 0.3 is 6.03 Å². The maximum absolute atomic E-state index is 13.2. The fraction of sp³-hybridized carbons (Fsp3) is 0.458. The van der Waals surface area contributed by atoms with Crippen molar-refractivity contribution in [2.24, 2.45) is 0 Å². The fourth-order valence-corrected chi connectivity index (χ4v) is 5.51. The molecule has 7 heteroatoms. The van der Waals surface area contributed by atoms with Gasteiger partial charge < -0.3 is 20.0 Å². The number of fused-ring (bicyclic) bond motifs is 2. The standard InChI is InChI=1S/C24H30BrN5O/c1-27-9-11-29(12-10-27)23-15-22-18(14-21(23)25)6-8-30(22)24(31)26-20-4-3-17-5-7-28(2)16-19(17)13-20/h3-4,13-15H,5-12,16H2,1-2H3,(H,26,31). The number of nitrogens with zero attached hydrogens (tertiary/aromatic N) is 4. The molecule has 0 radical (unpaired) electrons. The first-order valence-electron chi connectivity index (χ1n) is 11.1. The molecule has 2 aromatic carbocycles. The lowest BCUT2D eigenvalue weighted by atomic mass is 9.99. The summed E-state index contributed by atoms with van der Waals surface area (Å²) in [6, 6.07) is 10.7. The van der Waals surface area contributed by atoms with Crippen molar-refractivity contribution < 1.29 is 4.79 Å². The van der Waals surface area contributed by atoms with Gasteiger partial charge in [-0.25, -0.2) is 4.79 Å². The highest BCUT2D eigenvalue weighted by atomic mass is 79.9. The number of urea groups is 1. The second-order valence-electron chi connectivity index (χ2n) is 9.03. The van der Waals surface area contributed by atoms with Gasteiger partial charge in [0.1, 0.15) is 0 Å². The summed E-state index contributed by atoms with van der Waals surface area (Å²) in [7, 11) is 4.31. The summed E-state index contributed by atoms with van der Waals surface area (Å²) < 4.78 is 1.12. The SMILES string of the molecule is CN1CCN(c2cc3c(cc2Br)CCN3C(=O)Nc2ccc3c(c2)CN(C)CC3)CC1. The van der Waals surface area contributed by atoms with Crippen LogP contribution in [0.25, 0.3) is 0 Å². The molecule has 2 aromatic rings. The monoisotopic (exact) mass is 483 g/mol. The van der Waals surface area contributed by atoms with Crippen molar-refractivity contribution in [3.05, 3.63) is 51.5 Å². The van der Waals surface area contributed by atoms with Crippen LogP contribution in [0.1, 0.15) is 16.7 Å². The molecular weight excluding hydrogens is 454 g/mol. The number of hydrogen-bond acceptors (Lipinski definition) is 4. The number of carbonyl (C=O) groups excluding carboxylic acids is 1. The molecular formula is C24H30BrN5O. The molecule has 0 atom stereocenters. The molecule has 1 saturated heterocycles. The maximum Gasteiger partial charge on any atom is 0.326 e. The van der Waals surface area contributed by atoms with E-state index in [-0.39, 0.29) is 6.03 Å². The number of amides is 2. The summed E-state index contributed by atoms with van der Waals surface area (Å²) in [6.45, 7) is 6.87. The van der Waals surface area contributed by atoms with E-state index < -0.39 is 0 Å². The molecule has 1 fully saturated rings. The lowest BCUT2D eigenvalue weighted by Crippen LogP contribution is -2.44. The van der Waals surface area contributed by atoms with E-state index in [1.165, 1.54) is 22.4 Å². The normalized spacial score (nSPS) is 19.3. The number of nitrogens with one attached hydrogen (secondary N) is 1. The second kappa shape index (κ2) is 8.45. The second-order valence-corrected chi connectivity index (χ2v) is 9.88. The average molecular weight is 484 g/mol. The molecule has 2 amide bonds. The molecule has 31 heavy (non-hydrogen) atoms. The lowest BCUT2D eigenvalue weighted by molar-refractivity contribution is 0.257. The Labute approximate surface area is 192 Å². The van der Waals surface area contributed by atoms with Crippen LogP contribution >= 0.6 is 15.9 Å². The van der Waals surface area contributed by atoms with Gasteiger partial charge in [-0.15, -0.1) is 0 Å². The van der Waals surface area contributed by atoms with Crippen molar-refractivity contribution in [3.63, 3.8) is 0 Å². The number of likely N-dealkylation sites (N-methyl/N-ethyl adjacent to an activating group) is 2. The Morgan fingerprint density at radius 2 is 1.61 bits per heavy atom. The minimum atomic E-state index is -0.0467. The largest absolute Gasteiger partial charge is 0.368 e. The van der Waals surface area contributed by atoms with E-state index in [9.17, 15) is 4.79 Å². The number of benzene rings is 2. The minimum absolute atomic E-state index is 0.0467. The number of halogens is 1. The van der Waals surface area contributed by atoms with E-state index in [1.807, 2.05) is 11.0 Å². The van der Waals surface area contributed by atoms with Gasteiger partial charge in [-0.3, -0.25) is 4.90 Å². The van der Waals surface area contributed by atoms with Gasteiger partial charge in [0.2, 0.25) is 0 Å². The molecule has 5 rings (SSSR count). The molecule has 1 N–H and O–H groups in total. The molecule has 0 saturated carbocycles. The number of piperazine rings is 1. The Bertz CT molecular complexity index is 1000. The van der Waals surface area contributed by atoms with Crippen LogP contribution in [0.15, 0.2) is 34.8 Å². The molecule has 3 aliphatic heterocycles. The van der Waals surface area contributed by atoms with Crippen molar-refractivity contribution in [2.45, 2.75) is 19.4 Å². The first-order valence-corrected chi connectivity index (χ1v) is 11.9. The topological polar surface area (TPSA) is 42.1 Å². The van der Waals surface area contributed by atoms with E-state index in [2.05, 4.69) is 74.3 Å².